The van der Waals surface area contributed by atoms with Crippen LogP contribution in [0.15, 0.2) is 30.6 Å². The summed E-state index contributed by atoms with van der Waals surface area (Å²) in [7, 11) is 1.65. The largest absolute Gasteiger partial charge is 0.496 e. The van der Waals surface area contributed by atoms with E-state index in [0.717, 1.165) is 44.8 Å². The Morgan fingerprint density at radius 1 is 1.23 bits per heavy atom. The fourth-order valence-corrected chi connectivity index (χ4v) is 3.74. The Morgan fingerprint density at radius 3 is 2.69 bits per heavy atom. The first-order valence-electron chi connectivity index (χ1n) is 8.30. The topological polar surface area (TPSA) is 81.3 Å². The van der Waals surface area contributed by atoms with Gasteiger partial charge in [-0.1, -0.05) is 6.07 Å². The van der Waals surface area contributed by atoms with Gasteiger partial charge in [0.1, 0.15) is 23.2 Å². The molecule has 3 heterocycles. The van der Waals surface area contributed by atoms with Crippen LogP contribution in [0.25, 0.3) is 22.2 Å². The molecule has 0 saturated carbocycles. The molecule has 0 aliphatic carbocycles. The van der Waals surface area contributed by atoms with Gasteiger partial charge in [0.25, 0.3) is 0 Å². The average Bonchev–Trinajstić information content (AvgIpc) is 3.19. The van der Waals surface area contributed by atoms with Gasteiger partial charge in [-0.2, -0.15) is 5.26 Å². The highest BCUT2D eigenvalue weighted by Crippen LogP contribution is 2.38. The zero-order chi connectivity index (χ0) is 18.6. The second kappa shape index (κ2) is 5.53. The molecule has 3 aromatic heterocycles. The van der Waals surface area contributed by atoms with E-state index in [4.69, 9.17) is 10.5 Å². The van der Waals surface area contributed by atoms with Gasteiger partial charge in [0, 0.05) is 29.0 Å². The van der Waals surface area contributed by atoms with Crippen LogP contribution in [0.1, 0.15) is 22.4 Å². The first-order valence-corrected chi connectivity index (χ1v) is 8.30. The van der Waals surface area contributed by atoms with E-state index in [0.29, 0.717) is 11.4 Å². The maximum Gasteiger partial charge on any atom is 0.162 e. The van der Waals surface area contributed by atoms with Crippen LogP contribution >= 0.6 is 0 Å². The molecule has 4 rings (SSSR count). The molecule has 0 atom stereocenters. The third-order valence-corrected chi connectivity index (χ3v) is 4.97. The van der Waals surface area contributed by atoms with Gasteiger partial charge in [-0.15, -0.1) is 0 Å². The lowest BCUT2D eigenvalue weighted by molar-refractivity contribution is 0.411. The van der Waals surface area contributed by atoms with Crippen molar-refractivity contribution in [3.8, 4) is 17.5 Å². The smallest absolute Gasteiger partial charge is 0.162 e. The van der Waals surface area contributed by atoms with Gasteiger partial charge in [0.05, 0.1) is 18.3 Å². The van der Waals surface area contributed by atoms with Gasteiger partial charge in [-0.05, 0) is 38.5 Å². The van der Waals surface area contributed by atoms with Crippen molar-refractivity contribution in [1.29, 1.82) is 5.26 Å². The molecule has 0 aliphatic heterocycles. The van der Waals surface area contributed by atoms with E-state index >= 15 is 0 Å². The molecule has 2 N–H and O–H groups in total. The molecule has 1 aromatic carbocycles. The molecule has 6 nitrogen and oxygen atoms in total. The Morgan fingerprint density at radius 2 is 2.00 bits per heavy atom. The van der Waals surface area contributed by atoms with Crippen molar-refractivity contribution in [3.05, 3.63) is 53.0 Å². The number of rotatable bonds is 2. The first-order chi connectivity index (χ1) is 12.5. The quantitative estimate of drug-likeness (QED) is 0.601. The van der Waals surface area contributed by atoms with Gasteiger partial charge in [0.2, 0.25) is 0 Å². The zero-order valence-electron chi connectivity index (χ0n) is 15.2. The minimum Gasteiger partial charge on any atom is -0.496 e. The number of anilines is 1. The molecule has 4 aromatic rings. The Hall–Kier alpha value is -3.46. The molecule has 0 radical (unpaired) electrons. The van der Waals surface area contributed by atoms with Crippen molar-refractivity contribution in [3.63, 3.8) is 0 Å². The zero-order valence-corrected chi connectivity index (χ0v) is 15.2. The van der Waals surface area contributed by atoms with E-state index in [1.165, 1.54) is 0 Å². The number of aryl methyl sites for hydroxylation is 2. The number of benzene rings is 1. The molecule has 0 amide bonds. The Bertz CT molecular complexity index is 1220. The van der Waals surface area contributed by atoms with Gasteiger partial charge < -0.3 is 14.9 Å². The van der Waals surface area contributed by atoms with Crippen molar-refractivity contribution >= 4 is 22.4 Å². The summed E-state index contributed by atoms with van der Waals surface area (Å²) in [6.45, 7) is 6.01. The Kier molecular flexibility index (Phi) is 3.41. The summed E-state index contributed by atoms with van der Waals surface area (Å²) in [5.41, 5.74) is 12.5. The first kappa shape index (κ1) is 16.0. The second-order valence-electron chi connectivity index (χ2n) is 6.43. The number of ether oxygens (including phenoxy) is 1. The molecular weight excluding hydrogens is 326 g/mol. The fourth-order valence-electron chi connectivity index (χ4n) is 3.74. The van der Waals surface area contributed by atoms with Crippen molar-refractivity contribution in [2.24, 2.45) is 0 Å². The third kappa shape index (κ3) is 1.94. The summed E-state index contributed by atoms with van der Waals surface area (Å²) in [5, 5.41) is 10.5. The van der Waals surface area contributed by atoms with Crippen LogP contribution in [0.4, 0.5) is 5.82 Å². The lowest BCUT2D eigenvalue weighted by Crippen LogP contribution is -2.07. The van der Waals surface area contributed by atoms with Crippen LogP contribution in [0.5, 0.6) is 5.75 Å². The molecule has 26 heavy (non-hydrogen) atoms. The molecular formula is C20H19N5O. The summed E-state index contributed by atoms with van der Waals surface area (Å²) < 4.78 is 9.44. The van der Waals surface area contributed by atoms with Crippen LogP contribution in [0, 0.1) is 32.1 Å². The molecule has 0 saturated heterocycles. The molecule has 0 bridgehead atoms. The van der Waals surface area contributed by atoms with E-state index in [-0.39, 0.29) is 0 Å². The molecule has 0 fully saturated rings. The number of hydrogen-bond acceptors (Lipinski definition) is 4. The van der Waals surface area contributed by atoms with E-state index in [9.17, 15) is 5.26 Å². The standard InChI is InChI=1S/C20H19N5O/c1-11-5-6-16(26-4)13(3)17(11)25-18-14(15(10-21)19(25)22)9-12(2)24-8-7-23-20(18)24/h5-9H,22H2,1-4H3. The molecule has 0 spiro atoms. The van der Waals surface area contributed by atoms with E-state index < -0.39 is 0 Å². The Labute approximate surface area is 151 Å². The van der Waals surface area contributed by atoms with E-state index in [1.54, 1.807) is 13.3 Å². The van der Waals surface area contributed by atoms with Crippen molar-refractivity contribution in [2.75, 3.05) is 12.8 Å². The SMILES string of the molecule is COc1ccc(C)c(-n2c(N)c(C#N)c3cc(C)n4ccnc4c32)c1C. The van der Waals surface area contributed by atoms with E-state index in [2.05, 4.69) is 11.1 Å². The second-order valence-corrected chi connectivity index (χ2v) is 6.43. The number of fused-ring (bicyclic) bond motifs is 3. The molecule has 0 aliphatic rings. The minimum absolute atomic E-state index is 0.414. The predicted octanol–water partition coefficient (Wildman–Crippen LogP) is 3.67. The van der Waals surface area contributed by atoms with Crippen LogP contribution < -0.4 is 10.5 Å². The number of nitrogens with zero attached hydrogens (tertiary/aromatic N) is 4. The maximum absolute atomic E-state index is 9.73. The predicted molar refractivity (Wildman–Crippen MR) is 102 cm³/mol. The third-order valence-electron chi connectivity index (χ3n) is 4.97. The number of aromatic nitrogens is 3. The summed E-state index contributed by atoms with van der Waals surface area (Å²) >= 11 is 0. The molecule has 6 heteroatoms. The number of imidazole rings is 1. The van der Waals surface area contributed by atoms with Gasteiger partial charge >= 0.3 is 0 Å². The van der Waals surface area contributed by atoms with Crippen LogP contribution in [0.3, 0.4) is 0 Å². The van der Waals surface area contributed by atoms with Crippen LogP contribution in [-0.2, 0) is 0 Å². The number of hydrogen-bond donors (Lipinski definition) is 1. The van der Waals surface area contributed by atoms with Crippen molar-refractivity contribution < 1.29 is 4.74 Å². The number of nitrogen functional groups attached to an aromatic ring is 1. The maximum atomic E-state index is 9.73. The number of methoxy groups -OCH3 is 1. The highest BCUT2D eigenvalue weighted by Gasteiger charge is 2.23. The molecule has 130 valence electrons. The lowest BCUT2D eigenvalue weighted by Gasteiger charge is -2.17. The van der Waals surface area contributed by atoms with E-state index in [1.807, 2.05) is 54.1 Å². The molecule has 0 unspecified atom stereocenters. The van der Waals surface area contributed by atoms with Gasteiger partial charge in [0.15, 0.2) is 5.65 Å². The minimum atomic E-state index is 0.414. The summed E-state index contributed by atoms with van der Waals surface area (Å²) in [6, 6.07) is 8.19. The number of nitrogens with two attached hydrogens (primary N) is 1. The van der Waals surface area contributed by atoms with Gasteiger partial charge in [-0.3, -0.25) is 4.57 Å². The summed E-state index contributed by atoms with van der Waals surface area (Å²) in [5.74, 6) is 1.19. The number of pyridine rings is 1. The fraction of sp³-hybridized carbons (Fsp3) is 0.200. The average molecular weight is 345 g/mol. The summed E-state index contributed by atoms with van der Waals surface area (Å²) in [6.07, 6.45) is 3.67. The lowest BCUT2D eigenvalue weighted by atomic mass is 10.1. The Balaban J connectivity index is 2.28. The van der Waals surface area contributed by atoms with Crippen LogP contribution in [0.2, 0.25) is 0 Å². The van der Waals surface area contributed by atoms with Gasteiger partial charge in [-0.25, -0.2) is 4.98 Å². The summed E-state index contributed by atoms with van der Waals surface area (Å²) in [4.78, 5) is 4.53. The highest BCUT2D eigenvalue weighted by molar-refractivity contribution is 6.01. The van der Waals surface area contributed by atoms with Crippen LogP contribution in [-0.4, -0.2) is 21.1 Å². The van der Waals surface area contributed by atoms with Crippen molar-refractivity contribution in [1.82, 2.24) is 14.0 Å². The number of nitriles is 1. The highest BCUT2D eigenvalue weighted by atomic mass is 16.5. The van der Waals surface area contributed by atoms with Crippen molar-refractivity contribution in [2.45, 2.75) is 20.8 Å². The normalized spacial score (nSPS) is 11.2. The monoisotopic (exact) mass is 345 g/mol.